The van der Waals surface area contributed by atoms with Gasteiger partial charge >= 0.3 is 17.9 Å². The molecule has 0 aliphatic carbocycles. The minimum Gasteiger partial charge on any atom is -0.508 e. The van der Waals surface area contributed by atoms with E-state index < -0.39 is 146 Å². The zero-order valence-electron chi connectivity index (χ0n) is 37.4. The van der Waals surface area contributed by atoms with Gasteiger partial charge in [-0.2, -0.15) is 0 Å². The van der Waals surface area contributed by atoms with Gasteiger partial charge in [0, 0.05) is 37.7 Å². The highest BCUT2D eigenvalue weighted by atomic mass is 16.4. The van der Waals surface area contributed by atoms with Crippen LogP contribution < -0.4 is 43.0 Å². The fraction of sp³-hybridized carbons (Fsp3) is 0.512. The Morgan fingerprint density at radius 3 is 2.00 bits per heavy atom. The molecule has 0 unspecified atom stereocenters. The first-order chi connectivity index (χ1) is 32.5. The maximum absolute atomic E-state index is 13.7. The molecule has 378 valence electrons. The Hall–Kier alpha value is -7.72. The van der Waals surface area contributed by atoms with Crippen LogP contribution in [0.25, 0.3) is 0 Å². The summed E-state index contributed by atoms with van der Waals surface area (Å²) in [6.07, 6.45) is -0.948. The van der Waals surface area contributed by atoms with Crippen LogP contribution in [-0.2, 0) is 65.6 Å². The standard InChI is InChI=1S/C41H57N11O17/c1-19(46-35(62)24(42)9-10-31(57)58)34(61)48-26(14-32(59)60)40(67)52-11-3-4-29(52)38(65)51-33(20(2)54)39(66)44-16-30(56)47-25(13-22-15-43-18-45-22)36(63)50-28(17-53)37(64)49-27(41(68)69)12-21-5-7-23(55)8-6-21/h5-8,15,18-20,24-29,33,53-55H,3-4,9-14,16-17,42H2,1-2H3,(H,43,45)(H,44,66)(H,46,62)(H,47,56)(H,48,61)(H,49,64)(H,50,63)(H,51,65)(H,57,58)(H,59,60)(H,68,69)/t19-,20+,24-,25+,26+,27+,28+,29+,33-/m1/s1. The number of nitrogens with one attached hydrogen (secondary N) is 8. The zero-order chi connectivity index (χ0) is 51.5. The van der Waals surface area contributed by atoms with Gasteiger partial charge in [-0.3, -0.25) is 47.9 Å². The van der Waals surface area contributed by atoms with Gasteiger partial charge in [-0.1, -0.05) is 12.1 Å². The number of nitrogens with zero attached hydrogens (tertiary/aromatic N) is 2. The molecule has 1 saturated heterocycles. The lowest BCUT2D eigenvalue weighted by Gasteiger charge is -2.30. The van der Waals surface area contributed by atoms with Crippen LogP contribution in [0, 0.1) is 0 Å². The van der Waals surface area contributed by atoms with Crippen LogP contribution in [0.5, 0.6) is 5.75 Å². The van der Waals surface area contributed by atoms with E-state index in [-0.39, 0.29) is 44.4 Å². The third kappa shape index (κ3) is 17.8. The number of rotatable bonds is 27. The monoisotopic (exact) mass is 975 g/mol. The number of likely N-dealkylation sites (tertiary alicyclic amines) is 1. The molecule has 9 atom stereocenters. The molecule has 1 fully saturated rings. The Kier molecular flexibility index (Phi) is 21.4. The molecule has 2 aromatic rings. The summed E-state index contributed by atoms with van der Waals surface area (Å²) >= 11 is 0. The summed E-state index contributed by atoms with van der Waals surface area (Å²) in [6.45, 7) is 0.376. The highest BCUT2D eigenvalue weighted by Gasteiger charge is 2.41. The van der Waals surface area contributed by atoms with Crippen LogP contribution in [0.15, 0.2) is 36.8 Å². The Labute approximate surface area is 392 Å². The lowest BCUT2D eigenvalue weighted by atomic mass is 10.1. The highest BCUT2D eigenvalue weighted by molar-refractivity contribution is 5.98. The zero-order valence-corrected chi connectivity index (χ0v) is 37.4. The second kappa shape index (κ2) is 26.6. The number of aliphatic hydroxyl groups is 2. The van der Waals surface area contributed by atoms with Crippen molar-refractivity contribution in [3.63, 3.8) is 0 Å². The van der Waals surface area contributed by atoms with Crippen LogP contribution >= 0.6 is 0 Å². The number of H-pyrrole nitrogens is 1. The minimum absolute atomic E-state index is 0.00108. The van der Waals surface area contributed by atoms with Gasteiger partial charge in [0.25, 0.3) is 0 Å². The van der Waals surface area contributed by atoms with Gasteiger partial charge in [0.05, 0.1) is 38.0 Å². The summed E-state index contributed by atoms with van der Waals surface area (Å²) in [5, 5.41) is 73.9. The number of benzene rings is 1. The number of aliphatic carboxylic acids is 3. The van der Waals surface area contributed by atoms with Crippen molar-refractivity contribution in [3.8, 4) is 5.75 Å². The number of carbonyl (C=O) groups excluding carboxylic acids is 8. The quantitative estimate of drug-likeness (QED) is 0.0396. The number of aliphatic hydroxyl groups excluding tert-OH is 2. The predicted octanol–water partition coefficient (Wildman–Crippen LogP) is -5.94. The molecule has 0 saturated carbocycles. The van der Waals surface area contributed by atoms with Crippen LogP contribution in [0.3, 0.4) is 0 Å². The average molecular weight is 976 g/mol. The molecular weight excluding hydrogens is 919 g/mol. The Bertz CT molecular complexity index is 2170. The van der Waals surface area contributed by atoms with Gasteiger partial charge in [-0.15, -0.1) is 0 Å². The summed E-state index contributed by atoms with van der Waals surface area (Å²) in [6, 6.07) is -6.76. The number of amides is 8. The van der Waals surface area contributed by atoms with E-state index in [1.807, 2.05) is 0 Å². The van der Waals surface area contributed by atoms with E-state index in [2.05, 4.69) is 47.2 Å². The van der Waals surface area contributed by atoms with E-state index >= 15 is 0 Å². The number of aromatic amines is 1. The van der Waals surface area contributed by atoms with E-state index in [4.69, 9.17) is 10.8 Å². The SMILES string of the molecule is C[C@H](O)[C@@H](NC(=O)[C@@H]1CCCN1C(=O)[C@H](CC(=O)O)NC(=O)[C@@H](C)NC(=O)[C@H](N)CCC(=O)O)C(=O)NCC(=O)N[C@@H](Cc1cnc[nH]1)C(=O)N[C@@H](CO)C(=O)N[C@@H](Cc1ccc(O)cc1)C(=O)O. The predicted molar refractivity (Wildman–Crippen MR) is 233 cm³/mol. The van der Waals surface area contributed by atoms with Crippen molar-refractivity contribution in [2.45, 2.75) is 113 Å². The number of aromatic nitrogens is 2. The number of imidazole rings is 1. The van der Waals surface area contributed by atoms with Crippen molar-refractivity contribution >= 4 is 65.2 Å². The molecule has 28 heteroatoms. The number of aromatic hydroxyl groups is 1. The molecule has 28 nitrogen and oxygen atoms in total. The molecule has 0 spiro atoms. The van der Waals surface area contributed by atoms with Crippen molar-refractivity contribution in [2.24, 2.45) is 5.73 Å². The molecule has 0 radical (unpaired) electrons. The maximum Gasteiger partial charge on any atom is 0.326 e. The van der Waals surface area contributed by atoms with E-state index in [1.54, 1.807) is 0 Å². The summed E-state index contributed by atoms with van der Waals surface area (Å²) in [4.78, 5) is 148. The summed E-state index contributed by atoms with van der Waals surface area (Å²) in [5.41, 5.74) is 6.42. The average Bonchev–Trinajstić information content (AvgIpc) is 4.01. The fourth-order valence-corrected chi connectivity index (χ4v) is 6.78. The Morgan fingerprint density at radius 2 is 1.42 bits per heavy atom. The first-order valence-electron chi connectivity index (χ1n) is 21.4. The second-order valence-corrected chi connectivity index (χ2v) is 16.0. The van der Waals surface area contributed by atoms with Crippen LogP contribution in [0.4, 0.5) is 0 Å². The number of phenols is 1. The van der Waals surface area contributed by atoms with E-state index in [1.165, 1.54) is 43.7 Å². The first kappa shape index (κ1) is 55.6. The smallest absolute Gasteiger partial charge is 0.326 e. The lowest BCUT2D eigenvalue weighted by molar-refractivity contribution is -0.146. The van der Waals surface area contributed by atoms with Crippen LogP contribution in [0.1, 0.15) is 57.2 Å². The van der Waals surface area contributed by atoms with Gasteiger partial charge in [-0.05, 0) is 50.8 Å². The van der Waals surface area contributed by atoms with Gasteiger partial charge in [0.2, 0.25) is 47.3 Å². The molecule has 0 bridgehead atoms. The molecule has 16 N–H and O–H groups in total. The van der Waals surface area contributed by atoms with Crippen molar-refractivity contribution in [1.29, 1.82) is 0 Å². The fourth-order valence-electron chi connectivity index (χ4n) is 6.78. The molecule has 1 aromatic carbocycles. The summed E-state index contributed by atoms with van der Waals surface area (Å²) in [7, 11) is 0. The first-order valence-corrected chi connectivity index (χ1v) is 21.4. The van der Waals surface area contributed by atoms with Gasteiger partial charge in [0.15, 0.2) is 0 Å². The molecule has 1 aliphatic heterocycles. The Morgan fingerprint density at radius 1 is 0.783 bits per heavy atom. The number of nitrogens with two attached hydrogens (primary N) is 1. The number of hydrogen-bond acceptors (Lipinski definition) is 16. The largest absolute Gasteiger partial charge is 0.508 e. The lowest BCUT2D eigenvalue weighted by Crippen LogP contribution is -2.60. The molecular formula is C41H57N11O17. The van der Waals surface area contributed by atoms with Gasteiger partial charge in [0.1, 0.15) is 48.0 Å². The number of carboxylic acids is 3. The number of carbonyl (C=O) groups is 11. The van der Waals surface area contributed by atoms with Crippen LogP contribution in [-0.4, -0.2) is 185 Å². The van der Waals surface area contributed by atoms with E-state index in [0.29, 0.717) is 11.3 Å². The summed E-state index contributed by atoms with van der Waals surface area (Å²) < 4.78 is 0. The summed E-state index contributed by atoms with van der Waals surface area (Å²) in [5.74, 6) is -12.4. The number of phenolic OH excluding ortho intramolecular Hbond substituents is 1. The normalized spacial score (nSPS) is 16.7. The second-order valence-electron chi connectivity index (χ2n) is 16.0. The molecule has 2 heterocycles. The highest BCUT2D eigenvalue weighted by Crippen LogP contribution is 2.20. The van der Waals surface area contributed by atoms with Crippen molar-refractivity contribution in [1.82, 2.24) is 52.1 Å². The van der Waals surface area contributed by atoms with Crippen molar-refractivity contribution in [2.75, 3.05) is 19.7 Å². The van der Waals surface area contributed by atoms with Crippen LogP contribution in [0.2, 0.25) is 0 Å². The van der Waals surface area contributed by atoms with Gasteiger partial charge < -0.3 is 83.5 Å². The molecule has 69 heavy (non-hydrogen) atoms. The molecule has 1 aromatic heterocycles. The maximum atomic E-state index is 13.7. The van der Waals surface area contributed by atoms with Crippen molar-refractivity contribution < 1.29 is 83.4 Å². The Balaban J connectivity index is 1.65. The topological polar surface area (TPSA) is 451 Å². The molecule has 3 rings (SSSR count). The third-order valence-corrected chi connectivity index (χ3v) is 10.5. The van der Waals surface area contributed by atoms with E-state index in [9.17, 15) is 78.3 Å². The number of carboxylic acid groups (broad SMARTS) is 3. The minimum atomic E-state index is -1.75. The molecule has 1 aliphatic rings. The molecule has 8 amide bonds. The van der Waals surface area contributed by atoms with E-state index in [0.717, 1.165) is 11.8 Å². The van der Waals surface area contributed by atoms with Crippen molar-refractivity contribution in [3.05, 3.63) is 48.0 Å². The third-order valence-electron chi connectivity index (χ3n) is 10.5. The number of hydrogen-bond donors (Lipinski definition) is 15. The van der Waals surface area contributed by atoms with Gasteiger partial charge in [-0.25, -0.2) is 9.78 Å².